The molecule has 1 nitrogen and oxygen atoms in total. The van der Waals surface area contributed by atoms with E-state index < -0.39 is 0 Å². The van der Waals surface area contributed by atoms with Crippen molar-refractivity contribution >= 4 is 12.4 Å². The van der Waals surface area contributed by atoms with Crippen molar-refractivity contribution in [3.05, 3.63) is 0 Å². The van der Waals surface area contributed by atoms with Crippen LogP contribution in [0, 0.1) is 5.92 Å². The lowest BCUT2D eigenvalue weighted by molar-refractivity contribution is 0.141. The molecule has 0 aliphatic heterocycles. The van der Waals surface area contributed by atoms with Gasteiger partial charge in [-0.3, -0.25) is 0 Å². The van der Waals surface area contributed by atoms with Gasteiger partial charge in [-0.2, -0.15) is 0 Å². The van der Waals surface area contributed by atoms with E-state index in [1.807, 2.05) is 0 Å². The molecular weight excluding hydrogens is 146 g/mol. The van der Waals surface area contributed by atoms with Crippen LogP contribution in [0.15, 0.2) is 0 Å². The van der Waals surface area contributed by atoms with Crippen LogP contribution in [0.5, 0.6) is 0 Å². The first kappa shape index (κ1) is 8.35. The number of nitrogens with two attached hydrogens (primary N) is 1. The van der Waals surface area contributed by atoms with Gasteiger partial charge in [-0.25, -0.2) is 0 Å². The topological polar surface area (TPSA) is 26.0 Å². The third-order valence-corrected chi connectivity index (χ3v) is 3.15. The summed E-state index contributed by atoms with van der Waals surface area (Å²) in [6.07, 6.45) is 8.15. The standard InChI is InChI=1S/C8H15N.ClH/c9-8-4-1-7(2-5-8)3-6-8;/h7H,1-6,9H2;1H. The van der Waals surface area contributed by atoms with Crippen LogP contribution in [-0.4, -0.2) is 5.54 Å². The Morgan fingerprint density at radius 1 is 1.00 bits per heavy atom. The Hall–Kier alpha value is 0.250. The molecule has 2 heteroatoms. The monoisotopic (exact) mass is 161 g/mol. The zero-order valence-corrected chi connectivity index (χ0v) is 7.12. The largest absolute Gasteiger partial charge is 0.325 e. The minimum Gasteiger partial charge on any atom is -0.325 e. The molecule has 60 valence electrons. The quantitative estimate of drug-likeness (QED) is 0.579. The van der Waals surface area contributed by atoms with Gasteiger partial charge in [-0.15, -0.1) is 12.4 Å². The summed E-state index contributed by atoms with van der Waals surface area (Å²) in [5.74, 6) is 1.05. The van der Waals surface area contributed by atoms with E-state index in [0.29, 0.717) is 0 Å². The zero-order valence-electron chi connectivity index (χ0n) is 6.31. The second-order valence-corrected chi connectivity index (χ2v) is 3.84. The fraction of sp³-hybridized carbons (Fsp3) is 1.00. The Bertz CT molecular complexity index is 103. The summed E-state index contributed by atoms with van der Waals surface area (Å²) in [6.45, 7) is 0. The maximum absolute atomic E-state index is 6.10. The molecule has 0 amide bonds. The average molecular weight is 162 g/mol. The summed E-state index contributed by atoms with van der Waals surface area (Å²) in [6, 6.07) is 0. The molecule has 0 aromatic rings. The summed E-state index contributed by atoms with van der Waals surface area (Å²) in [5.41, 5.74) is 6.38. The molecule has 3 aliphatic carbocycles. The predicted octanol–water partition coefficient (Wildman–Crippen LogP) is 2.09. The lowest BCUT2D eigenvalue weighted by Crippen LogP contribution is -2.47. The van der Waals surface area contributed by atoms with E-state index in [1.165, 1.54) is 38.5 Å². The Morgan fingerprint density at radius 2 is 1.40 bits per heavy atom. The molecule has 0 radical (unpaired) electrons. The first-order valence-electron chi connectivity index (χ1n) is 4.07. The van der Waals surface area contributed by atoms with E-state index in [2.05, 4.69) is 0 Å². The van der Waals surface area contributed by atoms with Gasteiger partial charge in [0.05, 0.1) is 0 Å². The van der Waals surface area contributed by atoms with Crippen LogP contribution >= 0.6 is 12.4 Å². The first-order chi connectivity index (χ1) is 4.29. The van der Waals surface area contributed by atoms with E-state index >= 15 is 0 Å². The highest BCUT2D eigenvalue weighted by molar-refractivity contribution is 5.85. The van der Waals surface area contributed by atoms with Crippen LogP contribution in [-0.2, 0) is 0 Å². The SMILES string of the molecule is Cl.NC12CCC(CC1)CC2. The van der Waals surface area contributed by atoms with E-state index in [-0.39, 0.29) is 17.9 Å². The molecule has 0 saturated heterocycles. The third-order valence-electron chi connectivity index (χ3n) is 3.15. The zero-order chi connectivity index (χ0) is 6.32. The summed E-state index contributed by atoms with van der Waals surface area (Å²) < 4.78 is 0. The summed E-state index contributed by atoms with van der Waals surface area (Å²) in [7, 11) is 0. The van der Waals surface area contributed by atoms with Crippen molar-refractivity contribution in [2.75, 3.05) is 0 Å². The highest BCUT2D eigenvalue weighted by atomic mass is 35.5. The van der Waals surface area contributed by atoms with Gasteiger partial charge >= 0.3 is 0 Å². The van der Waals surface area contributed by atoms with Crippen molar-refractivity contribution in [3.8, 4) is 0 Å². The molecule has 0 atom stereocenters. The van der Waals surface area contributed by atoms with Crippen LogP contribution < -0.4 is 5.73 Å². The molecule has 0 spiro atoms. The summed E-state index contributed by atoms with van der Waals surface area (Å²) >= 11 is 0. The molecule has 3 saturated carbocycles. The summed E-state index contributed by atoms with van der Waals surface area (Å²) in [5, 5.41) is 0. The van der Waals surface area contributed by atoms with E-state index in [4.69, 9.17) is 5.73 Å². The van der Waals surface area contributed by atoms with Crippen LogP contribution in [0.1, 0.15) is 38.5 Å². The van der Waals surface area contributed by atoms with Crippen molar-refractivity contribution in [1.29, 1.82) is 0 Å². The molecule has 0 aromatic heterocycles. The Kier molecular flexibility index (Phi) is 2.26. The maximum Gasteiger partial charge on any atom is 0.0154 e. The third kappa shape index (κ3) is 1.30. The number of rotatable bonds is 0. The molecule has 3 aliphatic rings. The Balaban J connectivity index is 0.000000500. The van der Waals surface area contributed by atoms with Gasteiger partial charge in [0.1, 0.15) is 0 Å². The minimum absolute atomic E-state index is 0. The first-order valence-corrected chi connectivity index (χ1v) is 4.07. The Morgan fingerprint density at radius 3 is 1.60 bits per heavy atom. The summed E-state index contributed by atoms with van der Waals surface area (Å²) in [4.78, 5) is 0. The molecule has 3 rings (SSSR count). The number of hydrogen-bond acceptors (Lipinski definition) is 1. The van der Waals surface area contributed by atoms with Crippen molar-refractivity contribution in [1.82, 2.24) is 0 Å². The highest BCUT2D eigenvalue weighted by Gasteiger charge is 2.36. The number of halogens is 1. The van der Waals surface area contributed by atoms with E-state index in [0.717, 1.165) is 5.92 Å². The second-order valence-electron chi connectivity index (χ2n) is 3.84. The van der Waals surface area contributed by atoms with Crippen LogP contribution in [0.4, 0.5) is 0 Å². The van der Waals surface area contributed by atoms with Gasteiger partial charge in [0.25, 0.3) is 0 Å². The fourth-order valence-corrected chi connectivity index (χ4v) is 2.28. The molecule has 0 unspecified atom stereocenters. The van der Waals surface area contributed by atoms with Crippen molar-refractivity contribution in [2.24, 2.45) is 11.7 Å². The lowest BCUT2D eigenvalue weighted by atomic mass is 9.66. The van der Waals surface area contributed by atoms with Crippen LogP contribution in [0.2, 0.25) is 0 Å². The number of fused-ring (bicyclic) bond motifs is 3. The molecule has 2 N–H and O–H groups in total. The smallest absolute Gasteiger partial charge is 0.0154 e. The molecule has 10 heavy (non-hydrogen) atoms. The second kappa shape index (κ2) is 2.71. The van der Waals surface area contributed by atoms with E-state index in [1.54, 1.807) is 0 Å². The lowest BCUT2D eigenvalue weighted by Gasteiger charge is -2.43. The van der Waals surface area contributed by atoms with E-state index in [9.17, 15) is 0 Å². The molecule has 0 heterocycles. The Labute approximate surface area is 68.8 Å². The van der Waals surface area contributed by atoms with Gasteiger partial charge in [0.15, 0.2) is 0 Å². The van der Waals surface area contributed by atoms with Crippen molar-refractivity contribution in [3.63, 3.8) is 0 Å². The van der Waals surface area contributed by atoms with Gasteiger partial charge < -0.3 is 5.73 Å². The maximum atomic E-state index is 6.10. The van der Waals surface area contributed by atoms with Crippen molar-refractivity contribution in [2.45, 2.75) is 44.1 Å². The van der Waals surface area contributed by atoms with Gasteiger partial charge in [0, 0.05) is 5.54 Å². The fourth-order valence-electron chi connectivity index (χ4n) is 2.28. The van der Waals surface area contributed by atoms with Gasteiger partial charge in [-0.05, 0) is 44.4 Å². The molecular formula is C8H16ClN. The van der Waals surface area contributed by atoms with Gasteiger partial charge in [-0.1, -0.05) is 0 Å². The minimum atomic E-state index is 0. The molecule has 0 aromatic carbocycles. The average Bonchev–Trinajstić information content (AvgIpc) is 1.90. The predicted molar refractivity (Wildman–Crippen MR) is 45.4 cm³/mol. The van der Waals surface area contributed by atoms with Crippen LogP contribution in [0.25, 0.3) is 0 Å². The van der Waals surface area contributed by atoms with Crippen molar-refractivity contribution < 1.29 is 0 Å². The van der Waals surface area contributed by atoms with Crippen LogP contribution in [0.3, 0.4) is 0 Å². The normalized spacial score (nSPS) is 44.7. The van der Waals surface area contributed by atoms with Gasteiger partial charge in [0.2, 0.25) is 0 Å². The highest BCUT2D eigenvalue weighted by Crippen LogP contribution is 2.42. The number of hydrogen-bond donors (Lipinski definition) is 1. The molecule has 3 fully saturated rings. The molecule has 2 bridgehead atoms.